The van der Waals surface area contributed by atoms with Crippen LogP contribution in [0.1, 0.15) is 29.5 Å². The number of hydrogen-bond donors (Lipinski definition) is 2. The fourth-order valence-electron chi connectivity index (χ4n) is 3.55. The number of carboxylic acids is 2. The van der Waals surface area contributed by atoms with Crippen LogP contribution in [0.2, 0.25) is 0 Å². The number of hydrogen-bond acceptors (Lipinski definition) is 4. The van der Waals surface area contributed by atoms with Gasteiger partial charge in [-0.3, -0.25) is 9.80 Å². The van der Waals surface area contributed by atoms with Gasteiger partial charge in [0, 0.05) is 19.1 Å². The Morgan fingerprint density at radius 2 is 1.52 bits per heavy atom. The van der Waals surface area contributed by atoms with E-state index in [1.165, 1.54) is 42.6 Å². The highest BCUT2D eigenvalue weighted by Gasteiger charge is 2.22. The van der Waals surface area contributed by atoms with Crippen LogP contribution < -0.4 is 0 Å². The van der Waals surface area contributed by atoms with E-state index >= 15 is 0 Å². The second-order valence-corrected chi connectivity index (χ2v) is 7.44. The normalized spacial score (nSPS) is 14.9. The molecule has 1 aliphatic rings. The fraction of sp³-hybridized carbons (Fsp3) is 0.391. The summed E-state index contributed by atoms with van der Waals surface area (Å²) < 4.78 is 0. The van der Waals surface area contributed by atoms with E-state index in [0.717, 1.165) is 13.1 Å². The van der Waals surface area contributed by atoms with Crippen molar-refractivity contribution < 1.29 is 19.8 Å². The first-order valence-electron chi connectivity index (χ1n) is 9.84. The molecule has 2 N–H and O–H groups in total. The molecule has 2 aromatic carbocycles. The Hall–Kier alpha value is -2.70. The molecule has 0 bridgehead atoms. The lowest BCUT2D eigenvalue weighted by Crippen LogP contribution is -2.42. The minimum atomic E-state index is -1.82. The molecule has 0 aromatic heterocycles. The molecule has 156 valence electrons. The van der Waals surface area contributed by atoms with E-state index in [0.29, 0.717) is 6.04 Å². The lowest BCUT2D eigenvalue weighted by Gasteiger charge is -2.37. The summed E-state index contributed by atoms with van der Waals surface area (Å²) in [5.74, 6) is -3.65. The molecule has 0 atom stereocenters. The summed E-state index contributed by atoms with van der Waals surface area (Å²) in [6.07, 6.45) is 2.55. The number of piperidine rings is 1. The molecule has 3 rings (SSSR count). The third-order valence-corrected chi connectivity index (χ3v) is 5.29. The van der Waals surface area contributed by atoms with E-state index in [2.05, 4.69) is 78.4 Å². The zero-order valence-corrected chi connectivity index (χ0v) is 17.1. The zero-order valence-electron chi connectivity index (χ0n) is 17.1. The number of carboxylic acid groups (broad SMARTS) is 2. The van der Waals surface area contributed by atoms with Gasteiger partial charge in [-0.15, -0.1) is 0 Å². The summed E-state index contributed by atoms with van der Waals surface area (Å²) in [7, 11) is 2.27. The van der Waals surface area contributed by atoms with E-state index in [9.17, 15) is 0 Å². The van der Waals surface area contributed by atoms with Gasteiger partial charge in [0.15, 0.2) is 0 Å². The highest BCUT2D eigenvalue weighted by atomic mass is 16.4. The van der Waals surface area contributed by atoms with Gasteiger partial charge in [0.1, 0.15) is 0 Å². The van der Waals surface area contributed by atoms with Crippen molar-refractivity contribution in [3.05, 3.63) is 71.3 Å². The second-order valence-electron chi connectivity index (χ2n) is 7.44. The molecule has 6 heteroatoms. The number of carbonyl (C=O) groups is 2. The summed E-state index contributed by atoms with van der Waals surface area (Å²) in [4.78, 5) is 23.3. The summed E-state index contributed by atoms with van der Waals surface area (Å²) in [6.45, 7) is 6.79. The maximum absolute atomic E-state index is 9.10. The van der Waals surface area contributed by atoms with Gasteiger partial charge in [0.2, 0.25) is 0 Å². The Labute approximate surface area is 172 Å². The highest BCUT2D eigenvalue weighted by molar-refractivity contribution is 6.27. The Balaban J connectivity index is 0.000000438. The zero-order chi connectivity index (χ0) is 21.2. The van der Waals surface area contributed by atoms with Gasteiger partial charge in [-0.05, 0) is 56.6 Å². The molecule has 0 radical (unpaired) electrons. The lowest BCUT2D eigenvalue weighted by molar-refractivity contribution is -0.159. The maximum atomic E-state index is 9.10. The van der Waals surface area contributed by atoms with Crippen LogP contribution in [0.25, 0.3) is 0 Å². The topological polar surface area (TPSA) is 81.1 Å². The van der Waals surface area contributed by atoms with E-state index in [1.54, 1.807) is 0 Å². The number of aryl methyl sites for hydroxylation is 1. The number of likely N-dealkylation sites (tertiary alicyclic amines) is 1. The summed E-state index contributed by atoms with van der Waals surface area (Å²) in [5, 5.41) is 14.8. The molecule has 29 heavy (non-hydrogen) atoms. The van der Waals surface area contributed by atoms with Gasteiger partial charge in [0.25, 0.3) is 0 Å². The highest BCUT2D eigenvalue weighted by Crippen LogP contribution is 2.20. The fourth-order valence-corrected chi connectivity index (χ4v) is 3.55. The molecule has 1 aliphatic heterocycles. The standard InChI is InChI=1S/C21H28N2.C2H2O4/c1-18-8-6-7-11-20(18)17-23-14-12-21(13-15-23)22(2)16-19-9-4-3-5-10-19;3-1(4)2(5)6/h3-11,21H,12-17H2,1-2H3;(H,3,4)(H,5,6). The largest absolute Gasteiger partial charge is 0.473 e. The van der Waals surface area contributed by atoms with Crippen molar-refractivity contribution >= 4 is 11.9 Å². The van der Waals surface area contributed by atoms with Gasteiger partial charge >= 0.3 is 11.9 Å². The van der Waals surface area contributed by atoms with Crippen LogP contribution in [0.5, 0.6) is 0 Å². The number of aliphatic carboxylic acids is 2. The molecule has 6 nitrogen and oxygen atoms in total. The Morgan fingerprint density at radius 3 is 2.07 bits per heavy atom. The molecular weight excluding hydrogens is 368 g/mol. The van der Waals surface area contributed by atoms with Crippen molar-refractivity contribution in [3.63, 3.8) is 0 Å². The maximum Gasteiger partial charge on any atom is 0.414 e. The first-order valence-corrected chi connectivity index (χ1v) is 9.84. The molecule has 1 fully saturated rings. The van der Waals surface area contributed by atoms with Crippen LogP contribution in [0.15, 0.2) is 54.6 Å². The molecule has 1 saturated heterocycles. The Bertz CT molecular complexity index is 774. The van der Waals surface area contributed by atoms with Crippen LogP contribution in [-0.4, -0.2) is 58.1 Å². The molecule has 1 heterocycles. The van der Waals surface area contributed by atoms with Gasteiger partial charge in [-0.1, -0.05) is 54.6 Å². The Kier molecular flexibility index (Phi) is 8.83. The van der Waals surface area contributed by atoms with Gasteiger partial charge < -0.3 is 10.2 Å². The van der Waals surface area contributed by atoms with E-state index in [1.807, 2.05) is 0 Å². The molecule has 0 aliphatic carbocycles. The van der Waals surface area contributed by atoms with Crippen molar-refractivity contribution in [2.24, 2.45) is 0 Å². The summed E-state index contributed by atoms with van der Waals surface area (Å²) in [5.41, 5.74) is 4.30. The predicted octanol–water partition coefficient (Wildman–Crippen LogP) is 3.25. The quantitative estimate of drug-likeness (QED) is 0.753. The molecule has 0 saturated carbocycles. The van der Waals surface area contributed by atoms with E-state index < -0.39 is 11.9 Å². The number of nitrogens with zero attached hydrogens (tertiary/aromatic N) is 2. The minimum Gasteiger partial charge on any atom is -0.473 e. The average molecular weight is 399 g/mol. The van der Waals surface area contributed by atoms with Crippen LogP contribution in [-0.2, 0) is 22.7 Å². The molecule has 0 amide bonds. The van der Waals surface area contributed by atoms with Crippen LogP contribution in [0.4, 0.5) is 0 Å². The third-order valence-electron chi connectivity index (χ3n) is 5.29. The van der Waals surface area contributed by atoms with Crippen LogP contribution >= 0.6 is 0 Å². The molecule has 0 spiro atoms. The van der Waals surface area contributed by atoms with Crippen LogP contribution in [0, 0.1) is 6.92 Å². The number of rotatable bonds is 5. The molecule has 2 aromatic rings. The average Bonchev–Trinajstić information content (AvgIpc) is 2.71. The smallest absolute Gasteiger partial charge is 0.414 e. The first kappa shape index (κ1) is 22.6. The summed E-state index contributed by atoms with van der Waals surface area (Å²) >= 11 is 0. The summed E-state index contributed by atoms with van der Waals surface area (Å²) in [6, 6.07) is 20.3. The van der Waals surface area contributed by atoms with Crippen molar-refractivity contribution in [2.45, 2.75) is 38.9 Å². The molecular formula is C23H30N2O4. The van der Waals surface area contributed by atoms with Gasteiger partial charge in [-0.2, -0.15) is 0 Å². The van der Waals surface area contributed by atoms with E-state index in [4.69, 9.17) is 19.8 Å². The molecule has 0 unspecified atom stereocenters. The Morgan fingerprint density at radius 1 is 0.966 bits per heavy atom. The number of benzene rings is 2. The third kappa shape index (κ3) is 7.68. The van der Waals surface area contributed by atoms with Gasteiger partial charge in [-0.25, -0.2) is 9.59 Å². The van der Waals surface area contributed by atoms with Crippen molar-refractivity contribution in [3.8, 4) is 0 Å². The SMILES string of the molecule is Cc1ccccc1CN1CCC(N(C)Cc2ccccc2)CC1.O=C(O)C(=O)O. The van der Waals surface area contributed by atoms with E-state index in [-0.39, 0.29) is 0 Å². The van der Waals surface area contributed by atoms with Crippen molar-refractivity contribution in [1.29, 1.82) is 0 Å². The van der Waals surface area contributed by atoms with Crippen LogP contribution in [0.3, 0.4) is 0 Å². The van der Waals surface area contributed by atoms with Crippen molar-refractivity contribution in [2.75, 3.05) is 20.1 Å². The first-order chi connectivity index (χ1) is 13.9. The lowest BCUT2D eigenvalue weighted by atomic mass is 10.0. The second kappa shape index (κ2) is 11.3. The predicted molar refractivity (Wildman–Crippen MR) is 113 cm³/mol. The van der Waals surface area contributed by atoms with Crippen molar-refractivity contribution in [1.82, 2.24) is 9.80 Å². The minimum absolute atomic E-state index is 0.711. The monoisotopic (exact) mass is 398 g/mol. The van der Waals surface area contributed by atoms with Gasteiger partial charge in [0.05, 0.1) is 0 Å².